The molecule has 5 nitrogen and oxygen atoms in total. The zero-order valence-electron chi connectivity index (χ0n) is 11.9. The Morgan fingerprint density at radius 2 is 2.16 bits per heavy atom. The highest BCUT2D eigenvalue weighted by atomic mass is 16.3. The van der Waals surface area contributed by atoms with Crippen molar-refractivity contribution in [3.05, 3.63) is 0 Å². The number of nitrogens with zero attached hydrogens (tertiary/aromatic N) is 2. The van der Waals surface area contributed by atoms with Crippen LogP contribution in [0.5, 0.6) is 0 Å². The summed E-state index contributed by atoms with van der Waals surface area (Å²) in [5.74, 6) is -0.0137. The molecule has 0 aromatic heterocycles. The number of likely N-dealkylation sites (tertiary alicyclic amines) is 2. The van der Waals surface area contributed by atoms with Crippen LogP contribution in [0.3, 0.4) is 0 Å². The molecule has 2 heterocycles. The first-order chi connectivity index (χ1) is 8.93. The van der Waals surface area contributed by atoms with Gasteiger partial charge in [-0.15, -0.1) is 0 Å². The first-order valence-corrected chi connectivity index (χ1v) is 7.22. The second-order valence-corrected chi connectivity index (χ2v) is 6.01. The molecule has 2 aliphatic rings. The Bertz CT molecular complexity index is 368. The van der Waals surface area contributed by atoms with Crippen LogP contribution in [0.1, 0.15) is 39.5 Å². The van der Waals surface area contributed by atoms with Crippen LogP contribution in [0.2, 0.25) is 0 Å². The fraction of sp³-hybridized carbons (Fsp3) is 0.857. The van der Waals surface area contributed by atoms with Crippen molar-refractivity contribution >= 4 is 11.8 Å². The van der Waals surface area contributed by atoms with Gasteiger partial charge < -0.3 is 14.9 Å². The summed E-state index contributed by atoms with van der Waals surface area (Å²) < 4.78 is 0. The van der Waals surface area contributed by atoms with E-state index >= 15 is 0 Å². The van der Waals surface area contributed by atoms with Gasteiger partial charge in [-0.1, -0.05) is 0 Å². The number of hydrogen-bond acceptors (Lipinski definition) is 3. The van der Waals surface area contributed by atoms with Crippen LogP contribution < -0.4 is 0 Å². The summed E-state index contributed by atoms with van der Waals surface area (Å²) in [7, 11) is 0. The molecular weight excluding hydrogens is 244 g/mol. The third kappa shape index (κ3) is 3.26. The van der Waals surface area contributed by atoms with E-state index in [4.69, 9.17) is 0 Å². The van der Waals surface area contributed by atoms with Crippen molar-refractivity contribution in [1.29, 1.82) is 0 Å². The topological polar surface area (TPSA) is 60.9 Å². The average Bonchev–Trinajstić information content (AvgIpc) is 2.63. The summed E-state index contributed by atoms with van der Waals surface area (Å²) in [6.07, 6.45) is 2.54. The van der Waals surface area contributed by atoms with Crippen LogP contribution in [0, 0.1) is 5.92 Å². The third-order valence-electron chi connectivity index (χ3n) is 4.32. The molecular formula is C14H24N2O3. The normalized spacial score (nSPS) is 32.6. The Morgan fingerprint density at radius 3 is 2.79 bits per heavy atom. The maximum atomic E-state index is 12.4. The van der Waals surface area contributed by atoms with Gasteiger partial charge in [0.1, 0.15) is 0 Å². The molecule has 0 radical (unpaired) electrons. The highest BCUT2D eigenvalue weighted by Gasteiger charge is 2.37. The Labute approximate surface area is 114 Å². The van der Waals surface area contributed by atoms with Gasteiger partial charge in [0, 0.05) is 32.6 Å². The van der Waals surface area contributed by atoms with Gasteiger partial charge in [-0.3, -0.25) is 9.59 Å². The number of carbonyl (C=O) groups excluding carboxylic acids is 2. The molecule has 2 rings (SSSR count). The first kappa shape index (κ1) is 14.3. The predicted octanol–water partition coefficient (Wildman–Crippen LogP) is 0.618. The maximum Gasteiger partial charge on any atom is 0.227 e. The lowest BCUT2D eigenvalue weighted by Gasteiger charge is -2.25. The Kier molecular flexibility index (Phi) is 4.13. The molecule has 19 heavy (non-hydrogen) atoms. The van der Waals surface area contributed by atoms with Gasteiger partial charge in [-0.2, -0.15) is 0 Å². The van der Waals surface area contributed by atoms with Crippen molar-refractivity contribution in [3.8, 4) is 0 Å². The predicted molar refractivity (Wildman–Crippen MR) is 71.4 cm³/mol. The molecule has 0 aromatic rings. The molecule has 0 bridgehead atoms. The second-order valence-electron chi connectivity index (χ2n) is 6.01. The van der Waals surface area contributed by atoms with E-state index in [0.717, 1.165) is 12.8 Å². The van der Waals surface area contributed by atoms with Gasteiger partial charge in [0.15, 0.2) is 0 Å². The lowest BCUT2D eigenvalue weighted by Crippen LogP contribution is -2.38. The lowest BCUT2D eigenvalue weighted by atomic mass is 9.98. The SMILES string of the molecule is CCN1CC(C(=O)N2CCCC(C)(O)CC2)CC1=O. The zero-order chi connectivity index (χ0) is 14.0. The van der Waals surface area contributed by atoms with Gasteiger partial charge >= 0.3 is 0 Å². The van der Waals surface area contributed by atoms with Gasteiger partial charge in [-0.25, -0.2) is 0 Å². The van der Waals surface area contributed by atoms with E-state index in [0.29, 0.717) is 39.0 Å². The molecule has 5 heteroatoms. The van der Waals surface area contributed by atoms with Crippen molar-refractivity contribution < 1.29 is 14.7 Å². The van der Waals surface area contributed by atoms with Crippen LogP contribution in [-0.4, -0.2) is 58.5 Å². The maximum absolute atomic E-state index is 12.4. The Balaban J connectivity index is 1.95. The molecule has 2 saturated heterocycles. The highest BCUT2D eigenvalue weighted by molar-refractivity contribution is 5.89. The first-order valence-electron chi connectivity index (χ1n) is 7.22. The molecule has 0 aliphatic carbocycles. The summed E-state index contributed by atoms with van der Waals surface area (Å²) in [6.45, 7) is 6.31. The van der Waals surface area contributed by atoms with Crippen LogP contribution in [-0.2, 0) is 9.59 Å². The van der Waals surface area contributed by atoms with Crippen molar-refractivity contribution in [2.45, 2.75) is 45.1 Å². The number of aliphatic hydroxyl groups is 1. The van der Waals surface area contributed by atoms with Gasteiger partial charge in [0.25, 0.3) is 0 Å². The second kappa shape index (κ2) is 5.49. The van der Waals surface area contributed by atoms with E-state index in [2.05, 4.69) is 0 Å². The Hall–Kier alpha value is -1.10. The Morgan fingerprint density at radius 1 is 1.42 bits per heavy atom. The van der Waals surface area contributed by atoms with Gasteiger partial charge in [0.2, 0.25) is 11.8 Å². The van der Waals surface area contributed by atoms with E-state index in [1.54, 1.807) is 4.90 Å². The van der Waals surface area contributed by atoms with Gasteiger partial charge in [-0.05, 0) is 33.1 Å². The zero-order valence-corrected chi connectivity index (χ0v) is 11.9. The quantitative estimate of drug-likeness (QED) is 0.798. The summed E-state index contributed by atoms with van der Waals surface area (Å²) in [5.41, 5.74) is -0.657. The van der Waals surface area contributed by atoms with Crippen LogP contribution in [0.15, 0.2) is 0 Å². The highest BCUT2D eigenvalue weighted by Crippen LogP contribution is 2.25. The van der Waals surface area contributed by atoms with Crippen LogP contribution in [0.25, 0.3) is 0 Å². The van der Waals surface area contributed by atoms with Crippen molar-refractivity contribution in [2.75, 3.05) is 26.2 Å². The number of carbonyl (C=O) groups is 2. The molecule has 108 valence electrons. The number of rotatable bonds is 2. The lowest BCUT2D eigenvalue weighted by molar-refractivity contribution is -0.136. The minimum Gasteiger partial charge on any atom is -0.390 e. The van der Waals surface area contributed by atoms with E-state index in [1.807, 2.05) is 18.7 Å². The molecule has 2 aliphatic heterocycles. The van der Waals surface area contributed by atoms with E-state index in [1.165, 1.54) is 0 Å². The largest absolute Gasteiger partial charge is 0.390 e. The molecule has 2 unspecified atom stereocenters. The van der Waals surface area contributed by atoms with Crippen LogP contribution in [0.4, 0.5) is 0 Å². The molecule has 1 N–H and O–H groups in total. The standard InChI is InChI=1S/C14H24N2O3/c1-3-15-10-11(9-12(15)17)13(18)16-7-4-5-14(2,19)6-8-16/h11,19H,3-10H2,1-2H3. The van der Waals surface area contributed by atoms with Crippen LogP contribution >= 0.6 is 0 Å². The summed E-state index contributed by atoms with van der Waals surface area (Å²) >= 11 is 0. The van der Waals surface area contributed by atoms with E-state index in [-0.39, 0.29) is 17.7 Å². The summed E-state index contributed by atoms with van der Waals surface area (Å²) in [5, 5.41) is 10.0. The summed E-state index contributed by atoms with van der Waals surface area (Å²) in [4.78, 5) is 27.7. The molecule has 0 saturated carbocycles. The van der Waals surface area contributed by atoms with Gasteiger partial charge in [0.05, 0.1) is 11.5 Å². The van der Waals surface area contributed by atoms with Crippen molar-refractivity contribution in [2.24, 2.45) is 5.92 Å². The fourth-order valence-corrected chi connectivity index (χ4v) is 2.99. The third-order valence-corrected chi connectivity index (χ3v) is 4.32. The summed E-state index contributed by atoms with van der Waals surface area (Å²) in [6, 6.07) is 0. The minimum absolute atomic E-state index is 0.0852. The average molecular weight is 268 g/mol. The molecule has 0 aromatic carbocycles. The molecule has 2 atom stereocenters. The van der Waals surface area contributed by atoms with E-state index in [9.17, 15) is 14.7 Å². The van der Waals surface area contributed by atoms with Crippen molar-refractivity contribution in [3.63, 3.8) is 0 Å². The van der Waals surface area contributed by atoms with Crippen molar-refractivity contribution in [1.82, 2.24) is 9.80 Å². The number of amides is 2. The molecule has 2 amide bonds. The smallest absolute Gasteiger partial charge is 0.227 e. The monoisotopic (exact) mass is 268 g/mol. The van der Waals surface area contributed by atoms with E-state index < -0.39 is 5.60 Å². The fourth-order valence-electron chi connectivity index (χ4n) is 2.99. The molecule has 0 spiro atoms. The minimum atomic E-state index is -0.657. The molecule has 2 fully saturated rings. The number of hydrogen-bond donors (Lipinski definition) is 1.